The Kier molecular flexibility index (Phi) is 7.20. The summed E-state index contributed by atoms with van der Waals surface area (Å²) in [5.41, 5.74) is 2.88. The van der Waals surface area contributed by atoms with Gasteiger partial charge in [-0.25, -0.2) is 0 Å². The predicted octanol–water partition coefficient (Wildman–Crippen LogP) is 7.05. The number of hydrogen-bond donors (Lipinski definition) is 0. The summed E-state index contributed by atoms with van der Waals surface area (Å²) in [6, 6.07) is 24.1. The Balaban J connectivity index is 1.66. The topological polar surface area (TPSA) is 46.6 Å². The van der Waals surface area contributed by atoms with Crippen LogP contribution in [0.5, 0.6) is 5.75 Å². The highest BCUT2D eigenvalue weighted by atomic mass is 35.5. The zero-order chi connectivity index (χ0) is 24.2. The molecule has 2 amide bonds. The third-order valence-corrected chi connectivity index (χ3v) is 6.26. The van der Waals surface area contributed by atoms with Crippen molar-refractivity contribution < 1.29 is 14.3 Å². The van der Waals surface area contributed by atoms with Crippen LogP contribution >= 0.6 is 23.2 Å². The van der Waals surface area contributed by atoms with E-state index in [9.17, 15) is 9.59 Å². The maximum atomic E-state index is 13.6. The highest BCUT2D eigenvalue weighted by Crippen LogP contribution is 2.30. The molecule has 0 N–H and O–H groups in total. The molecule has 0 heterocycles. The Labute approximate surface area is 208 Å². The number of ether oxygens (including phenoxy) is 1. The standard InChI is InChI=1S/C28H23Cl2NO3/c1-18(32)31(15-14-20-5-3-4-19-8-12-24(34-2)17-26(19)20)28(33)25-13-11-23(30)16-27(25)21-6-9-22(29)10-7-21/h3-13,16-17H,14-15H2,1-2H3. The molecule has 0 aliphatic rings. The third kappa shape index (κ3) is 5.09. The molecule has 0 aliphatic carbocycles. The average Bonchev–Trinajstić information content (AvgIpc) is 2.84. The fraction of sp³-hybridized carbons (Fsp3) is 0.143. The number of halogens is 2. The molecule has 172 valence electrons. The minimum atomic E-state index is -0.369. The van der Waals surface area contributed by atoms with Gasteiger partial charge >= 0.3 is 0 Å². The van der Waals surface area contributed by atoms with Gasteiger partial charge in [0.25, 0.3) is 5.91 Å². The zero-order valence-corrected chi connectivity index (χ0v) is 20.4. The molecule has 0 atom stereocenters. The lowest BCUT2D eigenvalue weighted by molar-refractivity contribution is -0.126. The fourth-order valence-corrected chi connectivity index (χ4v) is 4.31. The quantitative estimate of drug-likeness (QED) is 0.290. The van der Waals surface area contributed by atoms with Crippen LogP contribution in [0.15, 0.2) is 78.9 Å². The van der Waals surface area contributed by atoms with Crippen molar-refractivity contribution in [3.8, 4) is 16.9 Å². The van der Waals surface area contributed by atoms with Gasteiger partial charge < -0.3 is 4.74 Å². The number of hydrogen-bond acceptors (Lipinski definition) is 3. The van der Waals surface area contributed by atoms with Crippen molar-refractivity contribution >= 4 is 45.8 Å². The van der Waals surface area contributed by atoms with Crippen molar-refractivity contribution in [2.45, 2.75) is 13.3 Å². The predicted molar refractivity (Wildman–Crippen MR) is 138 cm³/mol. The van der Waals surface area contributed by atoms with E-state index < -0.39 is 0 Å². The highest BCUT2D eigenvalue weighted by molar-refractivity contribution is 6.31. The van der Waals surface area contributed by atoms with Crippen molar-refractivity contribution in [1.29, 1.82) is 0 Å². The Bertz CT molecular complexity index is 1370. The molecule has 0 saturated carbocycles. The molecule has 0 spiro atoms. The normalized spacial score (nSPS) is 10.8. The molecule has 34 heavy (non-hydrogen) atoms. The molecule has 4 rings (SSSR count). The van der Waals surface area contributed by atoms with Crippen LogP contribution in [-0.4, -0.2) is 30.4 Å². The van der Waals surface area contributed by atoms with Crippen molar-refractivity contribution in [2.24, 2.45) is 0 Å². The molecule has 0 bridgehead atoms. The fourth-order valence-electron chi connectivity index (χ4n) is 4.01. The number of imide groups is 1. The molecule has 0 unspecified atom stereocenters. The summed E-state index contributed by atoms with van der Waals surface area (Å²) in [6.07, 6.45) is 0.514. The molecule has 0 saturated heterocycles. The lowest BCUT2D eigenvalue weighted by Gasteiger charge is -2.21. The molecule has 0 aliphatic heterocycles. The van der Waals surface area contributed by atoms with E-state index in [2.05, 4.69) is 0 Å². The van der Waals surface area contributed by atoms with Crippen molar-refractivity contribution in [3.05, 3.63) is 100 Å². The summed E-state index contributed by atoms with van der Waals surface area (Å²) in [4.78, 5) is 27.4. The highest BCUT2D eigenvalue weighted by Gasteiger charge is 2.23. The largest absolute Gasteiger partial charge is 0.497 e. The summed E-state index contributed by atoms with van der Waals surface area (Å²) < 4.78 is 5.37. The summed E-state index contributed by atoms with van der Waals surface area (Å²) >= 11 is 12.3. The second kappa shape index (κ2) is 10.3. The number of amides is 2. The van der Waals surface area contributed by atoms with Crippen LogP contribution in [0, 0.1) is 0 Å². The lowest BCUT2D eigenvalue weighted by atomic mass is 9.98. The first-order valence-corrected chi connectivity index (χ1v) is 11.6. The van der Waals surface area contributed by atoms with Gasteiger partial charge in [-0.15, -0.1) is 0 Å². The van der Waals surface area contributed by atoms with Gasteiger partial charge in [-0.3, -0.25) is 14.5 Å². The van der Waals surface area contributed by atoms with Crippen molar-refractivity contribution in [1.82, 2.24) is 4.90 Å². The zero-order valence-electron chi connectivity index (χ0n) is 18.8. The second-order valence-electron chi connectivity index (χ2n) is 7.93. The Morgan fingerprint density at radius 1 is 0.882 bits per heavy atom. The van der Waals surface area contributed by atoms with E-state index in [4.69, 9.17) is 27.9 Å². The maximum absolute atomic E-state index is 13.6. The molecule has 4 nitrogen and oxygen atoms in total. The number of nitrogens with zero attached hydrogens (tertiary/aromatic N) is 1. The van der Waals surface area contributed by atoms with Crippen LogP contribution in [0.1, 0.15) is 22.8 Å². The van der Waals surface area contributed by atoms with Gasteiger partial charge in [0, 0.05) is 29.1 Å². The first-order chi connectivity index (χ1) is 16.4. The minimum absolute atomic E-state index is 0.243. The van der Waals surface area contributed by atoms with Crippen LogP contribution in [-0.2, 0) is 11.2 Å². The van der Waals surface area contributed by atoms with Crippen molar-refractivity contribution in [3.63, 3.8) is 0 Å². The van der Waals surface area contributed by atoms with Gasteiger partial charge in [-0.2, -0.15) is 0 Å². The Hall–Kier alpha value is -3.34. The number of benzene rings is 4. The van der Waals surface area contributed by atoms with Crippen LogP contribution in [0.2, 0.25) is 10.0 Å². The van der Waals surface area contributed by atoms with Crippen LogP contribution in [0.25, 0.3) is 21.9 Å². The minimum Gasteiger partial charge on any atom is -0.497 e. The maximum Gasteiger partial charge on any atom is 0.261 e. The van der Waals surface area contributed by atoms with Gasteiger partial charge in [0.2, 0.25) is 5.91 Å². The number of carbonyl (C=O) groups is 2. The van der Waals surface area contributed by atoms with E-state index in [-0.39, 0.29) is 18.4 Å². The monoisotopic (exact) mass is 491 g/mol. The smallest absolute Gasteiger partial charge is 0.261 e. The van der Waals surface area contributed by atoms with Crippen LogP contribution in [0.3, 0.4) is 0 Å². The molecular formula is C28H23Cl2NO3. The summed E-state index contributed by atoms with van der Waals surface area (Å²) in [7, 11) is 1.63. The first-order valence-electron chi connectivity index (χ1n) is 10.8. The third-order valence-electron chi connectivity index (χ3n) is 5.78. The number of methoxy groups -OCH3 is 1. The SMILES string of the molecule is COc1ccc2cccc(CCN(C(C)=O)C(=O)c3ccc(Cl)cc3-c3ccc(Cl)cc3)c2c1. The first kappa shape index (κ1) is 23.8. The molecule has 6 heteroatoms. The van der Waals surface area contributed by atoms with E-state index in [1.807, 2.05) is 48.5 Å². The summed E-state index contributed by atoms with van der Waals surface area (Å²) in [6.45, 7) is 1.65. The molecule has 0 aromatic heterocycles. The van der Waals surface area contributed by atoms with Crippen molar-refractivity contribution in [2.75, 3.05) is 13.7 Å². The Morgan fingerprint density at radius 2 is 1.62 bits per heavy atom. The van der Waals surface area contributed by atoms with Gasteiger partial charge in [0.15, 0.2) is 0 Å². The van der Waals surface area contributed by atoms with Gasteiger partial charge in [-0.05, 0) is 76.3 Å². The average molecular weight is 492 g/mol. The molecule has 0 fully saturated rings. The van der Waals surface area contributed by atoms with E-state index in [1.54, 1.807) is 37.4 Å². The number of carbonyl (C=O) groups excluding carboxylic acids is 2. The van der Waals surface area contributed by atoms with E-state index in [1.165, 1.54) is 11.8 Å². The van der Waals surface area contributed by atoms with E-state index in [0.29, 0.717) is 27.6 Å². The molecule has 4 aromatic carbocycles. The molecule has 4 aromatic rings. The summed E-state index contributed by atoms with van der Waals surface area (Å²) in [5.74, 6) is 0.0694. The molecular weight excluding hydrogens is 469 g/mol. The van der Waals surface area contributed by atoms with E-state index >= 15 is 0 Å². The second-order valence-corrected chi connectivity index (χ2v) is 8.80. The van der Waals surface area contributed by atoms with Crippen LogP contribution in [0.4, 0.5) is 0 Å². The number of rotatable bonds is 6. The summed E-state index contributed by atoms with van der Waals surface area (Å²) in [5, 5.41) is 3.20. The Morgan fingerprint density at radius 3 is 2.32 bits per heavy atom. The molecule has 0 radical (unpaired) electrons. The number of fused-ring (bicyclic) bond motifs is 1. The van der Waals surface area contributed by atoms with Gasteiger partial charge in [0.1, 0.15) is 5.75 Å². The van der Waals surface area contributed by atoms with Crippen LogP contribution < -0.4 is 4.74 Å². The van der Waals surface area contributed by atoms with E-state index in [0.717, 1.165) is 27.6 Å². The lowest BCUT2D eigenvalue weighted by Crippen LogP contribution is -2.37. The van der Waals surface area contributed by atoms with Gasteiger partial charge in [-0.1, -0.05) is 59.6 Å². The van der Waals surface area contributed by atoms with Gasteiger partial charge in [0.05, 0.1) is 7.11 Å².